The summed E-state index contributed by atoms with van der Waals surface area (Å²) in [5.41, 5.74) is 12.2. The quantitative estimate of drug-likeness (QED) is 0.330. The van der Waals surface area contributed by atoms with Crippen LogP contribution in [0, 0.1) is 13.8 Å². The maximum absolute atomic E-state index is 4.83. The fourth-order valence-electron chi connectivity index (χ4n) is 4.12. The first-order valence-electron chi connectivity index (χ1n) is 10.4. The third kappa shape index (κ3) is 3.26. The summed E-state index contributed by atoms with van der Waals surface area (Å²) in [6.07, 6.45) is 0.813. The van der Waals surface area contributed by atoms with Gasteiger partial charge < -0.3 is 0 Å². The molecule has 31 heavy (non-hydrogen) atoms. The molecule has 6 rings (SSSR count). The Hall–Kier alpha value is -3.92. The number of hydrogen-bond acceptors (Lipinski definition) is 4. The zero-order valence-corrected chi connectivity index (χ0v) is 17.4. The van der Waals surface area contributed by atoms with E-state index in [0.29, 0.717) is 0 Å². The van der Waals surface area contributed by atoms with Crippen molar-refractivity contribution in [2.24, 2.45) is 0 Å². The molecule has 0 N–H and O–H groups in total. The second-order valence-corrected chi connectivity index (χ2v) is 8.25. The standard InChI is InChI=1S/C27H20N4/c1-16-3-7-20-24(11-16)28-22-9-5-18(14-26(22)30-20)13-19-6-10-23-27(15-19)31-21-8-4-17(2)12-25(21)29-23/h3-12,14-15H,13H2,1-2H3. The molecule has 0 atom stereocenters. The van der Waals surface area contributed by atoms with Crippen molar-refractivity contribution in [1.29, 1.82) is 0 Å². The Labute approximate surface area is 179 Å². The summed E-state index contributed by atoms with van der Waals surface area (Å²) >= 11 is 0. The van der Waals surface area contributed by atoms with E-state index in [9.17, 15) is 0 Å². The molecule has 0 aliphatic carbocycles. The molecule has 4 heteroatoms. The van der Waals surface area contributed by atoms with Gasteiger partial charge in [-0.05, 0) is 91.1 Å². The summed E-state index contributed by atoms with van der Waals surface area (Å²) in [4.78, 5) is 19.2. The van der Waals surface area contributed by atoms with Gasteiger partial charge in [-0.2, -0.15) is 0 Å². The number of hydrogen-bond donors (Lipinski definition) is 0. The van der Waals surface area contributed by atoms with E-state index in [1.165, 1.54) is 22.3 Å². The summed E-state index contributed by atoms with van der Waals surface area (Å²) in [7, 11) is 0. The number of fused-ring (bicyclic) bond motifs is 4. The average Bonchev–Trinajstić information content (AvgIpc) is 2.76. The molecular weight excluding hydrogens is 380 g/mol. The van der Waals surface area contributed by atoms with Crippen molar-refractivity contribution in [3.63, 3.8) is 0 Å². The lowest BCUT2D eigenvalue weighted by Crippen LogP contribution is -1.94. The fraction of sp³-hybridized carbons (Fsp3) is 0.111. The Morgan fingerprint density at radius 1 is 0.419 bits per heavy atom. The van der Waals surface area contributed by atoms with Gasteiger partial charge >= 0.3 is 0 Å². The van der Waals surface area contributed by atoms with Crippen LogP contribution in [-0.4, -0.2) is 19.9 Å². The minimum Gasteiger partial charge on any atom is -0.244 e. The smallest absolute Gasteiger partial charge is 0.0897 e. The van der Waals surface area contributed by atoms with Crippen LogP contribution in [0.3, 0.4) is 0 Å². The van der Waals surface area contributed by atoms with E-state index in [0.717, 1.165) is 50.6 Å². The van der Waals surface area contributed by atoms with E-state index < -0.39 is 0 Å². The van der Waals surface area contributed by atoms with Crippen molar-refractivity contribution in [1.82, 2.24) is 19.9 Å². The zero-order valence-electron chi connectivity index (χ0n) is 17.4. The first-order chi connectivity index (χ1) is 15.1. The predicted octanol–water partition coefficient (Wildman–Crippen LogP) is 6.09. The molecule has 0 saturated carbocycles. The van der Waals surface area contributed by atoms with Crippen molar-refractivity contribution in [3.8, 4) is 0 Å². The highest BCUT2D eigenvalue weighted by atomic mass is 14.8. The number of benzene rings is 4. The molecule has 6 aromatic rings. The van der Waals surface area contributed by atoms with Crippen molar-refractivity contribution in [2.45, 2.75) is 20.3 Å². The maximum Gasteiger partial charge on any atom is 0.0897 e. The van der Waals surface area contributed by atoms with Crippen molar-refractivity contribution >= 4 is 44.1 Å². The highest BCUT2D eigenvalue weighted by molar-refractivity contribution is 5.88. The van der Waals surface area contributed by atoms with E-state index in [4.69, 9.17) is 19.9 Å². The van der Waals surface area contributed by atoms with Crippen LogP contribution >= 0.6 is 0 Å². The Bertz CT molecular complexity index is 1510. The van der Waals surface area contributed by atoms with Crippen LogP contribution in [0.5, 0.6) is 0 Å². The first-order valence-corrected chi connectivity index (χ1v) is 10.4. The van der Waals surface area contributed by atoms with Crippen LogP contribution < -0.4 is 0 Å². The van der Waals surface area contributed by atoms with Crippen LogP contribution in [0.25, 0.3) is 44.1 Å². The van der Waals surface area contributed by atoms with Gasteiger partial charge in [0.05, 0.1) is 44.1 Å². The Morgan fingerprint density at radius 2 is 0.774 bits per heavy atom. The average molecular weight is 400 g/mol. The molecule has 0 bridgehead atoms. The van der Waals surface area contributed by atoms with Gasteiger partial charge in [0.25, 0.3) is 0 Å². The molecular formula is C27H20N4. The van der Waals surface area contributed by atoms with Crippen molar-refractivity contribution in [3.05, 3.63) is 95.1 Å². The number of nitrogens with zero attached hydrogens (tertiary/aromatic N) is 4. The molecule has 4 nitrogen and oxygen atoms in total. The number of aryl methyl sites for hydroxylation is 2. The monoisotopic (exact) mass is 400 g/mol. The van der Waals surface area contributed by atoms with Gasteiger partial charge in [0, 0.05) is 0 Å². The normalized spacial score (nSPS) is 11.7. The van der Waals surface area contributed by atoms with Gasteiger partial charge in [0.2, 0.25) is 0 Å². The Kier molecular flexibility index (Phi) is 3.93. The molecule has 0 unspecified atom stereocenters. The van der Waals surface area contributed by atoms with Crippen LogP contribution in [0.2, 0.25) is 0 Å². The fourth-order valence-corrected chi connectivity index (χ4v) is 4.12. The highest BCUT2D eigenvalue weighted by Gasteiger charge is 2.07. The second kappa shape index (κ2) is 6.81. The molecule has 2 aromatic heterocycles. The van der Waals surface area contributed by atoms with E-state index in [2.05, 4.69) is 74.5 Å². The molecule has 0 radical (unpaired) electrons. The minimum atomic E-state index is 0.813. The van der Waals surface area contributed by atoms with Crippen molar-refractivity contribution < 1.29 is 0 Å². The van der Waals surface area contributed by atoms with Crippen LogP contribution in [0.4, 0.5) is 0 Å². The number of aromatic nitrogens is 4. The topological polar surface area (TPSA) is 51.6 Å². The molecule has 0 fully saturated rings. The summed E-state index contributed by atoms with van der Waals surface area (Å²) in [5.74, 6) is 0. The second-order valence-electron chi connectivity index (χ2n) is 8.25. The maximum atomic E-state index is 4.83. The SMILES string of the molecule is Cc1ccc2nc3cc(Cc4ccc5nc6cc(C)ccc6nc5c4)ccc3nc2c1. The molecule has 0 aliphatic rings. The molecule has 0 aliphatic heterocycles. The molecule has 148 valence electrons. The lowest BCUT2D eigenvalue weighted by molar-refractivity contribution is 1.19. The van der Waals surface area contributed by atoms with Gasteiger partial charge in [-0.3, -0.25) is 0 Å². The molecule has 0 amide bonds. The largest absolute Gasteiger partial charge is 0.244 e. The van der Waals surface area contributed by atoms with E-state index in [1.807, 2.05) is 12.1 Å². The van der Waals surface area contributed by atoms with E-state index in [1.54, 1.807) is 0 Å². The molecule has 0 spiro atoms. The first kappa shape index (κ1) is 17.9. The van der Waals surface area contributed by atoms with E-state index in [-0.39, 0.29) is 0 Å². The van der Waals surface area contributed by atoms with Gasteiger partial charge in [-0.25, -0.2) is 19.9 Å². The summed E-state index contributed by atoms with van der Waals surface area (Å²) in [6, 6.07) is 25.1. The lowest BCUT2D eigenvalue weighted by atomic mass is 10.0. The van der Waals surface area contributed by atoms with Crippen molar-refractivity contribution in [2.75, 3.05) is 0 Å². The summed E-state index contributed by atoms with van der Waals surface area (Å²) in [6.45, 7) is 4.15. The number of rotatable bonds is 2. The van der Waals surface area contributed by atoms with Gasteiger partial charge in [-0.1, -0.05) is 24.3 Å². The summed E-state index contributed by atoms with van der Waals surface area (Å²) in [5, 5.41) is 0. The Balaban J connectivity index is 1.38. The van der Waals surface area contributed by atoms with Crippen LogP contribution in [0.15, 0.2) is 72.8 Å². The van der Waals surface area contributed by atoms with Gasteiger partial charge in [0.15, 0.2) is 0 Å². The Morgan fingerprint density at radius 3 is 1.19 bits per heavy atom. The van der Waals surface area contributed by atoms with Gasteiger partial charge in [0.1, 0.15) is 0 Å². The molecule has 4 aromatic carbocycles. The highest BCUT2D eigenvalue weighted by Crippen LogP contribution is 2.22. The molecule has 2 heterocycles. The van der Waals surface area contributed by atoms with Crippen LogP contribution in [0.1, 0.15) is 22.3 Å². The molecule has 0 saturated heterocycles. The summed E-state index contributed by atoms with van der Waals surface area (Å²) < 4.78 is 0. The third-order valence-corrected chi connectivity index (χ3v) is 5.71. The van der Waals surface area contributed by atoms with Gasteiger partial charge in [-0.15, -0.1) is 0 Å². The lowest BCUT2D eigenvalue weighted by Gasteiger charge is -2.07. The zero-order chi connectivity index (χ0) is 20.9. The van der Waals surface area contributed by atoms with Crippen LogP contribution in [-0.2, 0) is 6.42 Å². The van der Waals surface area contributed by atoms with E-state index >= 15 is 0 Å². The minimum absolute atomic E-state index is 0.813. The third-order valence-electron chi connectivity index (χ3n) is 5.71. The predicted molar refractivity (Wildman–Crippen MR) is 126 cm³/mol.